The third-order valence-corrected chi connectivity index (χ3v) is 5.00. The number of amides is 2. The molecule has 0 radical (unpaired) electrons. The first-order chi connectivity index (χ1) is 13.0. The summed E-state index contributed by atoms with van der Waals surface area (Å²) in [6.45, 7) is 5.30. The van der Waals surface area contributed by atoms with Crippen molar-refractivity contribution in [1.29, 1.82) is 0 Å². The zero-order valence-electron chi connectivity index (χ0n) is 15.6. The van der Waals surface area contributed by atoms with E-state index in [1.54, 1.807) is 40.4 Å². The molecule has 1 aromatic carbocycles. The molecule has 1 fully saturated rings. The molecule has 6 heteroatoms. The zero-order chi connectivity index (χ0) is 19.4. The molecule has 27 heavy (non-hydrogen) atoms. The highest BCUT2D eigenvalue weighted by Crippen LogP contribution is 2.29. The average molecular weight is 386 g/mol. The lowest BCUT2D eigenvalue weighted by molar-refractivity contribution is -0.157. The summed E-state index contributed by atoms with van der Waals surface area (Å²) in [4.78, 5) is 33.6. The summed E-state index contributed by atoms with van der Waals surface area (Å²) < 4.78 is 0. The molecule has 142 valence electrons. The van der Waals surface area contributed by atoms with Crippen LogP contribution in [0.5, 0.6) is 0 Å². The molecule has 0 bridgehead atoms. The number of rotatable bonds is 6. The van der Waals surface area contributed by atoms with Gasteiger partial charge in [-0.1, -0.05) is 43.6 Å². The van der Waals surface area contributed by atoms with Crippen molar-refractivity contribution in [2.24, 2.45) is 5.92 Å². The summed E-state index contributed by atoms with van der Waals surface area (Å²) in [5.41, 5.74) is 1.67. The Balaban J connectivity index is 1.89. The van der Waals surface area contributed by atoms with E-state index in [0.29, 0.717) is 24.0 Å². The Kier molecular flexibility index (Phi) is 6.11. The second-order valence-corrected chi connectivity index (χ2v) is 7.72. The minimum atomic E-state index is -0.650. The predicted octanol–water partition coefficient (Wildman–Crippen LogP) is 3.69. The number of nitrogens with zero attached hydrogens (tertiary/aromatic N) is 3. The van der Waals surface area contributed by atoms with Crippen LogP contribution in [0.25, 0.3) is 0 Å². The molecule has 1 aliphatic rings. The van der Waals surface area contributed by atoms with Gasteiger partial charge >= 0.3 is 0 Å². The fourth-order valence-corrected chi connectivity index (χ4v) is 3.34. The highest BCUT2D eigenvalue weighted by atomic mass is 35.5. The molecule has 0 spiro atoms. The van der Waals surface area contributed by atoms with E-state index >= 15 is 0 Å². The molecular formula is C21H24ClN3O2. The van der Waals surface area contributed by atoms with Crippen molar-refractivity contribution in [3.8, 4) is 0 Å². The number of carbonyl (C=O) groups is 2. The van der Waals surface area contributed by atoms with E-state index in [2.05, 4.69) is 18.8 Å². The Morgan fingerprint density at radius 2 is 1.93 bits per heavy atom. The van der Waals surface area contributed by atoms with Gasteiger partial charge in [-0.2, -0.15) is 0 Å². The Labute approximate surface area is 164 Å². The molecule has 2 heterocycles. The molecule has 1 saturated heterocycles. The van der Waals surface area contributed by atoms with Gasteiger partial charge in [0.15, 0.2) is 0 Å². The van der Waals surface area contributed by atoms with Crippen LogP contribution in [0.3, 0.4) is 0 Å². The molecule has 0 N–H and O–H groups in total. The van der Waals surface area contributed by atoms with Crippen LogP contribution in [0.4, 0.5) is 0 Å². The Morgan fingerprint density at radius 1 is 1.19 bits per heavy atom. The van der Waals surface area contributed by atoms with E-state index in [0.717, 1.165) is 17.5 Å². The van der Waals surface area contributed by atoms with Gasteiger partial charge in [-0.3, -0.25) is 14.6 Å². The number of piperazine rings is 1. The maximum atomic E-state index is 13.2. The molecule has 2 amide bonds. The van der Waals surface area contributed by atoms with Crippen molar-refractivity contribution >= 4 is 23.4 Å². The number of benzene rings is 1. The summed E-state index contributed by atoms with van der Waals surface area (Å²) in [7, 11) is 0. The summed E-state index contributed by atoms with van der Waals surface area (Å²) >= 11 is 5.96. The van der Waals surface area contributed by atoms with E-state index < -0.39 is 6.04 Å². The number of halogens is 1. The van der Waals surface area contributed by atoms with Crippen LogP contribution in [0.15, 0.2) is 48.8 Å². The molecule has 0 aliphatic carbocycles. The Bertz CT molecular complexity index is 793. The predicted molar refractivity (Wildman–Crippen MR) is 105 cm³/mol. The van der Waals surface area contributed by atoms with Gasteiger partial charge in [0.25, 0.3) is 5.91 Å². The van der Waals surface area contributed by atoms with Crippen LogP contribution in [-0.2, 0) is 16.1 Å². The van der Waals surface area contributed by atoms with E-state index in [1.165, 1.54) is 0 Å². The average Bonchev–Trinajstić information content (AvgIpc) is 2.66. The number of aromatic nitrogens is 1. The molecule has 3 rings (SSSR count). The van der Waals surface area contributed by atoms with Gasteiger partial charge in [-0.25, -0.2) is 0 Å². The normalized spacial score (nSPS) is 17.7. The second kappa shape index (κ2) is 8.53. The zero-order valence-corrected chi connectivity index (χ0v) is 16.4. The van der Waals surface area contributed by atoms with Gasteiger partial charge in [0, 0.05) is 36.1 Å². The Morgan fingerprint density at radius 3 is 2.56 bits per heavy atom. The topological polar surface area (TPSA) is 53.5 Å². The molecular weight excluding hydrogens is 362 g/mol. The maximum absolute atomic E-state index is 13.2. The third kappa shape index (κ3) is 4.66. The van der Waals surface area contributed by atoms with Gasteiger partial charge in [-0.15, -0.1) is 0 Å². The second-order valence-electron chi connectivity index (χ2n) is 7.28. The van der Waals surface area contributed by atoms with Gasteiger partial charge in [-0.05, 0) is 36.1 Å². The van der Waals surface area contributed by atoms with Crippen molar-refractivity contribution in [2.75, 3.05) is 13.1 Å². The number of pyridine rings is 1. The lowest BCUT2D eigenvalue weighted by Gasteiger charge is -2.40. The Hall–Kier alpha value is -2.40. The van der Waals surface area contributed by atoms with Gasteiger partial charge in [0.05, 0.1) is 6.54 Å². The minimum Gasteiger partial charge on any atom is -0.331 e. The molecule has 1 aliphatic heterocycles. The van der Waals surface area contributed by atoms with Crippen LogP contribution in [0.1, 0.15) is 37.4 Å². The summed E-state index contributed by atoms with van der Waals surface area (Å²) in [6.07, 6.45) is 4.20. The molecule has 0 saturated carbocycles. The van der Waals surface area contributed by atoms with Crippen LogP contribution in [0, 0.1) is 5.92 Å². The molecule has 5 nitrogen and oxygen atoms in total. The summed E-state index contributed by atoms with van der Waals surface area (Å²) in [5.74, 6) is 0.371. The van der Waals surface area contributed by atoms with Crippen molar-refractivity contribution in [1.82, 2.24) is 14.8 Å². The summed E-state index contributed by atoms with van der Waals surface area (Å²) in [5, 5.41) is 0.642. The molecule has 1 aromatic heterocycles. The van der Waals surface area contributed by atoms with E-state index in [4.69, 9.17) is 11.6 Å². The fraction of sp³-hybridized carbons (Fsp3) is 0.381. The highest BCUT2D eigenvalue weighted by molar-refractivity contribution is 6.30. The third-order valence-electron chi connectivity index (χ3n) is 4.75. The monoisotopic (exact) mass is 385 g/mol. The number of hydrogen-bond donors (Lipinski definition) is 0. The van der Waals surface area contributed by atoms with Crippen LogP contribution < -0.4 is 0 Å². The van der Waals surface area contributed by atoms with Crippen molar-refractivity contribution in [3.05, 3.63) is 64.9 Å². The van der Waals surface area contributed by atoms with E-state index in [9.17, 15) is 9.59 Å². The fourth-order valence-electron chi connectivity index (χ4n) is 3.21. The van der Waals surface area contributed by atoms with Crippen LogP contribution in [0.2, 0.25) is 5.02 Å². The number of hydrogen-bond acceptors (Lipinski definition) is 3. The van der Waals surface area contributed by atoms with Crippen molar-refractivity contribution < 1.29 is 9.59 Å². The van der Waals surface area contributed by atoms with Gasteiger partial charge < -0.3 is 9.80 Å². The molecule has 2 aromatic rings. The minimum absolute atomic E-state index is 0.0442. The first-order valence-corrected chi connectivity index (χ1v) is 9.56. The van der Waals surface area contributed by atoms with E-state index in [-0.39, 0.29) is 18.4 Å². The number of carbonyl (C=O) groups excluding carboxylic acids is 2. The maximum Gasteiger partial charge on any atom is 0.250 e. The van der Waals surface area contributed by atoms with Gasteiger partial charge in [0.2, 0.25) is 5.91 Å². The van der Waals surface area contributed by atoms with Crippen LogP contribution in [-0.4, -0.2) is 39.7 Å². The van der Waals surface area contributed by atoms with Crippen molar-refractivity contribution in [2.45, 2.75) is 32.9 Å². The first-order valence-electron chi connectivity index (χ1n) is 9.18. The van der Waals surface area contributed by atoms with E-state index in [1.807, 2.05) is 18.2 Å². The smallest absolute Gasteiger partial charge is 0.250 e. The van der Waals surface area contributed by atoms with Crippen molar-refractivity contribution in [3.63, 3.8) is 0 Å². The highest BCUT2D eigenvalue weighted by Gasteiger charge is 2.40. The largest absolute Gasteiger partial charge is 0.331 e. The van der Waals surface area contributed by atoms with Crippen LogP contribution >= 0.6 is 11.6 Å². The SMILES string of the molecule is CC(C)CCN1CC(=O)N(Cc2ccc(Cl)cc2)C(c2cccnc2)C1=O. The first kappa shape index (κ1) is 19.4. The summed E-state index contributed by atoms with van der Waals surface area (Å²) in [6, 6.07) is 10.3. The van der Waals surface area contributed by atoms with Gasteiger partial charge in [0.1, 0.15) is 6.04 Å². The molecule has 1 unspecified atom stereocenters. The lowest BCUT2D eigenvalue weighted by Crippen LogP contribution is -2.55. The standard InChI is InChI=1S/C21H24ClN3O2/c1-15(2)9-11-24-14-19(26)25(13-16-5-7-18(22)8-6-16)20(21(24)27)17-4-3-10-23-12-17/h3-8,10,12,15,20H,9,11,13-14H2,1-2H3. The molecule has 1 atom stereocenters. The lowest BCUT2D eigenvalue weighted by atomic mass is 10.0. The quantitative estimate of drug-likeness (QED) is 0.761.